The lowest BCUT2D eigenvalue weighted by Crippen LogP contribution is -2.20. The van der Waals surface area contributed by atoms with E-state index in [4.69, 9.17) is 9.47 Å². The molecule has 0 heterocycles. The van der Waals surface area contributed by atoms with E-state index in [-0.39, 0.29) is 42.5 Å². The Kier molecular flexibility index (Phi) is 8.97. The van der Waals surface area contributed by atoms with Crippen LogP contribution in [0.15, 0.2) is 36.4 Å². The lowest BCUT2D eigenvalue weighted by atomic mass is 9.78. The molecule has 6 heteroatoms. The number of hydrogen-bond donors (Lipinski definition) is 0. The van der Waals surface area contributed by atoms with Gasteiger partial charge in [-0.3, -0.25) is 0 Å². The van der Waals surface area contributed by atoms with Crippen molar-refractivity contribution in [2.45, 2.75) is 77.0 Å². The molecule has 0 aliphatic heterocycles. The maximum atomic E-state index is 14.9. The molecule has 0 N–H and O–H groups in total. The van der Waals surface area contributed by atoms with E-state index in [0.29, 0.717) is 29.9 Å². The van der Waals surface area contributed by atoms with Gasteiger partial charge in [0.05, 0.1) is 13.2 Å². The van der Waals surface area contributed by atoms with Gasteiger partial charge < -0.3 is 9.47 Å². The summed E-state index contributed by atoms with van der Waals surface area (Å²) in [5, 5.41) is 0. The number of allylic oxidation sites excluding steroid dienone is 2. The van der Waals surface area contributed by atoms with Crippen molar-refractivity contribution in [3.05, 3.63) is 70.8 Å². The Labute approximate surface area is 211 Å². The topological polar surface area (TPSA) is 18.5 Å². The van der Waals surface area contributed by atoms with Crippen LogP contribution in [0.5, 0.6) is 11.5 Å². The molecule has 2 aliphatic rings. The highest BCUT2D eigenvalue weighted by molar-refractivity contribution is 5.34. The third-order valence-electron chi connectivity index (χ3n) is 7.89. The van der Waals surface area contributed by atoms with Crippen LogP contribution in [0.25, 0.3) is 0 Å². The molecule has 0 aromatic heterocycles. The van der Waals surface area contributed by atoms with Gasteiger partial charge in [-0.05, 0) is 112 Å². The smallest absolute Gasteiger partial charge is 0.200 e. The van der Waals surface area contributed by atoms with Crippen molar-refractivity contribution < 1.29 is 27.0 Å². The van der Waals surface area contributed by atoms with Crippen LogP contribution in [0.4, 0.5) is 17.6 Å². The molecule has 0 atom stereocenters. The lowest BCUT2D eigenvalue weighted by Gasteiger charge is -2.29. The van der Waals surface area contributed by atoms with Crippen molar-refractivity contribution in [1.82, 2.24) is 0 Å². The molecular formula is C30H36F4O2. The molecule has 2 nitrogen and oxygen atoms in total. The van der Waals surface area contributed by atoms with Crippen LogP contribution >= 0.6 is 0 Å². The first kappa shape index (κ1) is 26.6. The Morgan fingerprint density at radius 2 is 1.19 bits per heavy atom. The Morgan fingerprint density at radius 1 is 0.694 bits per heavy atom. The average molecular weight is 505 g/mol. The second-order valence-electron chi connectivity index (χ2n) is 10.2. The highest BCUT2D eigenvalue weighted by atomic mass is 19.2. The predicted octanol–water partition coefficient (Wildman–Crippen LogP) is 8.84. The van der Waals surface area contributed by atoms with E-state index in [2.05, 4.69) is 12.2 Å². The molecule has 2 aromatic rings. The Morgan fingerprint density at radius 3 is 1.69 bits per heavy atom. The minimum atomic E-state index is -0.938. The SMILES string of the molecule is CC=CC1CCC(c2ccc(OCC3CCC(c4ccc(OCC)c(F)c4F)CC3)c(F)c2F)CC1. The summed E-state index contributed by atoms with van der Waals surface area (Å²) < 4.78 is 69.4. The molecule has 0 saturated heterocycles. The van der Waals surface area contributed by atoms with Crippen LogP contribution in [0.3, 0.4) is 0 Å². The monoisotopic (exact) mass is 504 g/mol. The van der Waals surface area contributed by atoms with E-state index in [9.17, 15) is 17.6 Å². The molecule has 0 amide bonds. The second-order valence-corrected chi connectivity index (χ2v) is 10.2. The van der Waals surface area contributed by atoms with Gasteiger partial charge in [-0.15, -0.1) is 0 Å². The molecule has 0 unspecified atom stereocenters. The van der Waals surface area contributed by atoms with Gasteiger partial charge in [0, 0.05) is 0 Å². The minimum Gasteiger partial charge on any atom is -0.491 e. The maximum Gasteiger partial charge on any atom is 0.200 e. The number of benzene rings is 2. The first-order valence-corrected chi connectivity index (χ1v) is 13.3. The maximum absolute atomic E-state index is 14.9. The summed E-state index contributed by atoms with van der Waals surface area (Å²) in [7, 11) is 0. The first-order valence-electron chi connectivity index (χ1n) is 13.3. The van der Waals surface area contributed by atoms with E-state index in [0.717, 1.165) is 38.5 Å². The highest BCUT2D eigenvalue weighted by Crippen LogP contribution is 2.41. The van der Waals surface area contributed by atoms with Crippen molar-refractivity contribution in [2.24, 2.45) is 11.8 Å². The fourth-order valence-electron chi connectivity index (χ4n) is 5.84. The van der Waals surface area contributed by atoms with Gasteiger partial charge in [-0.2, -0.15) is 8.78 Å². The Balaban J connectivity index is 1.31. The van der Waals surface area contributed by atoms with Crippen LogP contribution < -0.4 is 9.47 Å². The van der Waals surface area contributed by atoms with Gasteiger partial charge >= 0.3 is 0 Å². The molecule has 2 aromatic carbocycles. The van der Waals surface area contributed by atoms with Crippen LogP contribution in [0, 0.1) is 35.1 Å². The summed E-state index contributed by atoms with van der Waals surface area (Å²) in [5.74, 6) is -2.96. The summed E-state index contributed by atoms with van der Waals surface area (Å²) in [6.07, 6.45) is 10.8. The van der Waals surface area contributed by atoms with Crippen LogP contribution in [-0.2, 0) is 0 Å². The molecule has 0 bridgehead atoms. The van der Waals surface area contributed by atoms with Gasteiger partial charge in [-0.25, -0.2) is 8.78 Å². The average Bonchev–Trinajstić information content (AvgIpc) is 2.89. The van der Waals surface area contributed by atoms with E-state index in [1.807, 2.05) is 6.92 Å². The second kappa shape index (κ2) is 12.2. The van der Waals surface area contributed by atoms with Crippen LogP contribution in [0.2, 0.25) is 0 Å². The number of rotatable bonds is 8. The molecule has 36 heavy (non-hydrogen) atoms. The van der Waals surface area contributed by atoms with E-state index in [1.165, 1.54) is 6.07 Å². The number of halogens is 4. The molecule has 0 radical (unpaired) electrons. The van der Waals surface area contributed by atoms with Gasteiger partial charge in [0.1, 0.15) is 0 Å². The number of ether oxygens (including phenoxy) is 2. The summed E-state index contributed by atoms with van der Waals surface area (Å²) in [6.45, 7) is 4.28. The third kappa shape index (κ3) is 5.90. The van der Waals surface area contributed by atoms with E-state index in [1.54, 1.807) is 25.1 Å². The van der Waals surface area contributed by atoms with Gasteiger partial charge in [0.25, 0.3) is 0 Å². The van der Waals surface area contributed by atoms with Crippen molar-refractivity contribution in [1.29, 1.82) is 0 Å². The summed E-state index contributed by atoms with van der Waals surface area (Å²) >= 11 is 0. The van der Waals surface area contributed by atoms with Crippen molar-refractivity contribution in [3.63, 3.8) is 0 Å². The zero-order valence-electron chi connectivity index (χ0n) is 21.2. The summed E-state index contributed by atoms with van der Waals surface area (Å²) in [5.41, 5.74) is 0.822. The zero-order valence-corrected chi connectivity index (χ0v) is 21.2. The van der Waals surface area contributed by atoms with Crippen molar-refractivity contribution in [3.8, 4) is 11.5 Å². The van der Waals surface area contributed by atoms with Crippen molar-refractivity contribution in [2.75, 3.05) is 13.2 Å². The molecule has 2 saturated carbocycles. The molecule has 4 rings (SSSR count). The minimum absolute atomic E-state index is 0.0400. The fourth-order valence-corrected chi connectivity index (χ4v) is 5.84. The largest absolute Gasteiger partial charge is 0.491 e. The summed E-state index contributed by atoms with van der Waals surface area (Å²) in [6, 6.07) is 6.32. The van der Waals surface area contributed by atoms with Gasteiger partial charge in [0.15, 0.2) is 23.1 Å². The first-order chi connectivity index (χ1) is 17.4. The molecular weight excluding hydrogens is 468 g/mol. The van der Waals surface area contributed by atoms with Gasteiger partial charge in [0.2, 0.25) is 11.6 Å². The Hall–Kier alpha value is -2.50. The third-order valence-corrected chi connectivity index (χ3v) is 7.89. The quantitative estimate of drug-likeness (QED) is 0.264. The zero-order chi connectivity index (χ0) is 25.7. The molecule has 2 aliphatic carbocycles. The summed E-state index contributed by atoms with van der Waals surface area (Å²) in [4.78, 5) is 0. The van der Waals surface area contributed by atoms with E-state index >= 15 is 0 Å². The molecule has 2 fully saturated rings. The highest BCUT2D eigenvalue weighted by Gasteiger charge is 2.29. The lowest BCUT2D eigenvalue weighted by molar-refractivity contribution is 0.191. The standard InChI is InChI=1S/C30H36F4O2/c1-3-5-19-6-10-21(11-7-19)24-15-17-26(30(34)28(24)32)36-18-20-8-12-22(13-9-20)23-14-16-25(35-4-2)29(33)27(23)31/h3,5,14-17,19-22H,4,6-13,18H2,1-2H3. The van der Waals surface area contributed by atoms with Gasteiger partial charge in [-0.1, -0.05) is 24.3 Å². The van der Waals surface area contributed by atoms with Crippen LogP contribution in [0.1, 0.15) is 88.2 Å². The van der Waals surface area contributed by atoms with Crippen LogP contribution in [-0.4, -0.2) is 13.2 Å². The fraction of sp³-hybridized carbons (Fsp3) is 0.533. The number of hydrogen-bond acceptors (Lipinski definition) is 2. The van der Waals surface area contributed by atoms with E-state index < -0.39 is 23.3 Å². The Bertz CT molecular complexity index is 1050. The molecule has 0 spiro atoms. The molecule has 196 valence electrons. The normalized spacial score (nSPS) is 24.7. The predicted molar refractivity (Wildman–Crippen MR) is 134 cm³/mol. The van der Waals surface area contributed by atoms with Crippen molar-refractivity contribution >= 4 is 0 Å².